The van der Waals surface area contributed by atoms with Gasteiger partial charge >= 0.3 is 6.18 Å². The predicted octanol–water partition coefficient (Wildman–Crippen LogP) is 5.42. The van der Waals surface area contributed by atoms with Gasteiger partial charge in [-0.2, -0.15) is 13.2 Å². The summed E-state index contributed by atoms with van der Waals surface area (Å²) in [5, 5.41) is 0.118. The topological polar surface area (TPSA) is 25.4 Å². The van der Waals surface area contributed by atoms with Crippen molar-refractivity contribution in [1.29, 1.82) is 0 Å². The number of aromatic nitrogens is 1. The van der Waals surface area contributed by atoms with Gasteiger partial charge in [0.25, 0.3) is 0 Å². The summed E-state index contributed by atoms with van der Waals surface area (Å²) in [4.78, 5) is 6.45. The minimum Gasteiger partial charge on any atom is -0.475 e. The molecule has 0 aliphatic carbocycles. The SMILES string of the molecule is CC(C)Oc1cc(C(F)(F)F)c2cc(N3[C@H](C)CC[C@H]3C)ccc2n1. The molecular weight excluding hydrogens is 329 g/mol. The van der Waals surface area contributed by atoms with Gasteiger partial charge < -0.3 is 9.64 Å². The molecule has 6 heteroatoms. The number of anilines is 1. The van der Waals surface area contributed by atoms with Gasteiger partial charge in [-0.05, 0) is 58.7 Å². The fraction of sp³-hybridized carbons (Fsp3) is 0.526. The average Bonchev–Trinajstić information content (AvgIpc) is 2.83. The molecule has 2 aromatic rings. The monoisotopic (exact) mass is 352 g/mol. The molecule has 3 nitrogen and oxygen atoms in total. The normalized spacial score (nSPS) is 21.4. The molecule has 3 rings (SSSR count). The van der Waals surface area contributed by atoms with Crippen molar-refractivity contribution in [3.8, 4) is 5.88 Å². The van der Waals surface area contributed by atoms with Crippen LogP contribution in [0.3, 0.4) is 0 Å². The van der Waals surface area contributed by atoms with E-state index in [1.54, 1.807) is 26.0 Å². The Morgan fingerprint density at radius 1 is 1.12 bits per heavy atom. The van der Waals surface area contributed by atoms with E-state index in [-0.39, 0.29) is 17.4 Å². The van der Waals surface area contributed by atoms with E-state index >= 15 is 0 Å². The zero-order valence-electron chi connectivity index (χ0n) is 14.9. The van der Waals surface area contributed by atoms with E-state index in [9.17, 15) is 13.2 Å². The number of fused-ring (bicyclic) bond motifs is 1. The lowest BCUT2D eigenvalue weighted by Crippen LogP contribution is -2.32. The Bertz CT molecular complexity index is 763. The van der Waals surface area contributed by atoms with Crippen molar-refractivity contribution in [2.75, 3.05) is 4.90 Å². The number of pyridine rings is 1. The molecule has 2 atom stereocenters. The van der Waals surface area contributed by atoms with Crippen LogP contribution in [0, 0.1) is 0 Å². The summed E-state index contributed by atoms with van der Waals surface area (Å²) in [7, 11) is 0. The maximum atomic E-state index is 13.6. The van der Waals surface area contributed by atoms with Gasteiger partial charge in [0.05, 0.1) is 17.2 Å². The number of hydrogen-bond donors (Lipinski definition) is 0. The molecule has 2 heterocycles. The highest BCUT2D eigenvalue weighted by molar-refractivity contribution is 5.87. The Morgan fingerprint density at radius 3 is 2.32 bits per heavy atom. The first kappa shape index (κ1) is 17.8. The van der Waals surface area contributed by atoms with Gasteiger partial charge in [-0.25, -0.2) is 4.98 Å². The van der Waals surface area contributed by atoms with Crippen molar-refractivity contribution in [3.05, 3.63) is 29.8 Å². The fourth-order valence-corrected chi connectivity index (χ4v) is 3.59. The largest absolute Gasteiger partial charge is 0.475 e. The molecule has 0 bridgehead atoms. The van der Waals surface area contributed by atoms with E-state index in [2.05, 4.69) is 23.7 Å². The van der Waals surface area contributed by atoms with Gasteiger partial charge in [0, 0.05) is 29.2 Å². The van der Waals surface area contributed by atoms with Gasteiger partial charge in [0.15, 0.2) is 0 Å². The minimum absolute atomic E-state index is 0.00508. The second kappa shape index (κ2) is 6.39. The number of hydrogen-bond acceptors (Lipinski definition) is 3. The molecule has 1 aliphatic heterocycles. The molecule has 0 spiro atoms. The van der Waals surface area contributed by atoms with Gasteiger partial charge in [0.2, 0.25) is 5.88 Å². The summed E-state index contributed by atoms with van der Waals surface area (Å²) in [6.07, 6.45) is -2.61. The van der Waals surface area contributed by atoms with E-state index in [1.165, 1.54) is 0 Å². The Morgan fingerprint density at radius 2 is 1.76 bits per heavy atom. The molecule has 0 N–H and O–H groups in total. The van der Waals surface area contributed by atoms with Crippen molar-refractivity contribution in [2.45, 2.75) is 64.9 Å². The molecule has 1 aliphatic rings. The lowest BCUT2D eigenvalue weighted by molar-refractivity contribution is -0.136. The molecule has 0 amide bonds. The van der Waals surface area contributed by atoms with Gasteiger partial charge in [-0.1, -0.05) is 0 Å². The third-order valence-electron chi connectivity index (χ3n) is 4.68. The van der Waals surface area contributed by atoms with Crippen LogP contribution in [0.5, 0.6) is 5.88 Å². The Balaban J connectivity index is 2.15. The maximum Gasteiger partial charge on any atom is 0.417 e. The number of alkyl halides is 3. The average molecular weight is 352 g/mol. The summed E-state index contributed by atoms with van der Waals surface area (Å²) in [6, 6.07) is 6.76. The smallest absolute Gasteiger partial charge is 0.417 e. The first-order valence-electron chi connectivity index (χ1n) is 8.64. The number of halogens is 3. The number of nitrogens with zero attached hydrogens (tertiary/aromatic N) is 2. The van der Waals surface area contributed by atoms with E-state index in [0.29, 0.717) is 17.6 Å². The van der Waals surface area contributed by atoms with Crippen molar-refractivity contribution in [2.24, 2.45) is 0 Å². The first-order valence-corrected chi connectivity index (χ1v) is 8.64. The third-order valence-corrected chi connectivity index (χ3v) is 4.68. The number of ether oxygens (including phenoxy) is 1. The summed E-state index contributed by atoms with van der Waals surface area (Å²) in [5.41, 5.74) is 0.415. The van der Waals surface area contributed by atoms with Crippen LogP contribution in [0.25, 0.3) is 10.9 Å². The summed E-state index contributed by atoms with van der Waals surface area (Å²) in [6.45, 7) is 7.74. The van der Waals surface area contributed by atoms with E-state index in [4.69, 9.17) is 4.74 Å². The highest BCUT2D eigenvalue weighted by atomic mass is 19.4. The van der Waals surface area contributed by atoms with Crippen LogP contribution in [0.15, 0.2) is 24.3 Å². The summed E-state index contributed by atoms with van der Waals surface area (Å²) < 4.78 is 46.2. The molecule has 0 unspecified atom stereocenters. The second-order valence-electron chi connectivity index (χ2n) is 7.06. The van der Waals surface area contributed by atoms with Crippen LogP contribution in [0.2, 0.25) is 0 Å². The van der Waals surface area contributed by atoms with Gasteiger partial charge in [-0.15, -0.1) is 0 Å². The van der Waals surface area contributed by atoms with Gasteiger partial charge in [-0.3, -0.25) is 0 Å². The Hall–Kier alpha value is -1.98. The lowest BCUT2D eigenvalue weighted by atomic mass is 10.1. The van der Waals surface area contributed by atoms with Crippen molar-refractivity contribution < 1.29 is 17.9 Å². The quantitative estimate of drug-likeness (QED) is 0.738. The Labute approximate surface area is 145 Å². The van der Waals surface area contributed by atoms with Crippen molar-refractivity contribution in [1.82, 2.24) is 4.98 Å². The number of benzene rings is 1. The maximum absolute atomic E-state index is 13.6. The highest BCUT2D eigenvalue weighted by Gasteiger charge is 2.35. The molecule has 25 heavy (non-hydrogen) atoms. The third kappa shape index (κ3) is 3.53. The van der Waals surface area contributed by atoms with E-state index in [0.717, 1.165) is 24.6 Å². The molecule has 1 aromatic heterocycles. The van der Waals surface area contributed by atoms with Crippen LogP contribution in [-0.2, 0) is 6.18 Å². The van der Waals surface area contributed by atoms with Crippen LogP contribution < -0.4 is 9.64 Å². The Kier molecular flexibility index (Phi) is 4.56. The van der Waals surface area contributed by atoms with Gasteiger partial charge in [0.1, 0.15) is 0 Å². The standard InChI is InChI=1S/C19H23F3N2O/c1-11(2)25-18-10-16(19(20,21)22)15-9-14(7-8-17(15)23-18)24-12(3)5-6-13(24)4/h7-13H,5-6H2,1-4H3/t12-,13-/m1/s1. The summed E-state index contributed by atoms with van der Waals surface area (Å²) in [5.74, 6) is 0.00508. The molecule has 1 aromatic carbocycles. The van der Waals surface area contributed by atoms with E-state index < -0.39 is 11.7 Å². The minimum atomic E-state index is -4.46. The van der Waals surface area contributed by atoms with Crippen LogP contribution in [0.4, 0.5) is 18.9 Å². The molecular formula is C19H23F3N2O. The van der Waals surface area contributed by atoms with E-state index in [1.807, 2.05) is 6.07 Å². The lowest BCUT2D eigenvalue weighted by Gasteiger charge is -2.29. The van der Waals surface area contributed by atoms with Crippen molar-refractivity contribution in [3.63, 3.8) is 0 Å². The molecule has 0 radical (unpaired) electrons. The summed E-state index contributed by atoms with van der Waals surface area (Å²) >= 11 is 0. The zero-order valence-corrected chi connectivity index (χ0v) is 14.9. The van der Waals surface area contributed by atoms with Crippen LogP contribution in [0.1, 0.15) is 46.1 Å². The predicted molar refractivity (Wildman–Crippen MR) is 93.1 cm³/mol. The molecule has 1 saturated heterocycles. The van der Waals surface area contributed by atoms with Crippen LogP contribution in [-0.4, -0.2) is 23.2 Å². The number of rotatable bonds is 3. The molecule has 0 saturated carbocycles. The highest BCUT2D eigenvalue weighted by Crippen LogP contribution is 2.39. The molecule has 136 valence electrons. The van der Waals surface area contributed by atoms with Crippen molar-refractivity contribution >= 4 is 16.6 Å². The zero-order chi connectivity index (χ0) is 18.4. The fourth-order valence-electron chi connectivity index (χ4n) is 3.59. The second-order valence-corrected chi connectivity index (χ2v) is 7.06. The first-order chi connectivity index (χ1) is 11.7. The molecule has 1 fully saturated rings. The van der Waals surface area contributed by atoms with Crippen LogP contribution >= 0.6 is 0 Å².